The fraction of sp³-hybridized carbons (Fsp3) is 0.850. The summed E-state index contributed by atoms with van der Waals surface area (Å²) < 4.78 is 43.4. The van der Waals surface area contributed by atoms with Crippen molar-refractivity contribution in [2.75, 3.05) is 13.2 Å². The highest BCUT2D eigenvalue weighted by atomic mass is 32.1. The van der Waals surface area contributed by atoms with E-state index in [-0.39, 0.29) is 34.8 Å². The lowest BCUT2D eigenvalue weighted by Gasteiger charge is -2.58. The average molecular weight is 776 g/mol. The van der Waals surface area contributed by atoms with Gasteiger partial charge in [-0.15, -0.1) is 0 Å². The number of thiocarbonyl (C=S) groups is 1. The number of allylic oxidation sites excluding steroid dienone is 1. The first kappa shape index (κ1) is 39.9. The highest BCUT2D eigenvalue weighted by Gasteiger charge is 2.68. The summed E-state index contributed by atoms with van der Waals surface area (Å²) in [7, 11) is 0. The number of carbonyl (C=O) groups excluding carboxylic acids is 3. The molecule has 4 aliphatic carbocycles. The third kappa shape index (κ3) is 7.10. The molecule has 6 fully saturated rings. The van der Waals surface area contributed by atoms with Crippen LogP contribution in [-0.4, -0.2) is 84.9 Å². The van der Waals surface area contributed by atoms with Crippen LogP contribution >= 0.6 is 12.2 Å². The molecule has 16 atom stereocenters. The molecule has 1 spiro atoms. The van der Waals surface area contributed by atoms with E-state index >= 15 is 0 Å². The summed E-state index contributed by atoms with van der Waals surface area (Å²) in [5.41, 5.74) is 4.14. The SMILES string of the molecule is CC(=O)OC[C@H]1O[C@@H](O[C@H]2CC[C@@]3(C)C(=CC[C@H]4[C@@H]5C[C@@H]6O[C@]7(CC[C@@H](C)CO7)[C@@H](C)[C@@H]6[C@@]5(C)CC[C@@H]43)C2)[C@H](NC(=S)NN)[C@@H](OC(C)=O)[C@@H]1OC(C)=O. The van der Waals surface area contributed by atoms with E-state index in [1.165, 1.54) is 45.6 Å². The third-order valence-electron chi connectivity index (χ3n) is 14.8. The highest BCUT2D eigenvalue weighted by molar-refractivity contribution is 7.80. The maximum atomic E-state index is 12.4. The number of hydrazine groups is 1. The maximum absolute atomic E-state index is 12.4. The maximum Gasteiger partial charge on any atom is 0.303 e. The van der Waals surface area contributed by atoms with E-state index in [4.69, 9.17) is 51.2 Å². The number of nitrogens with one attached hydrogen (secondary N) is 2. The number of hydrogen-bond acceptors (Lipinski definition) is 12. The van der Waals surface area contributed by atoms with Gasteiger partial charge in [0.05, 0.1) is 18.8 Å². The molecule has 7 aliphatic rings. The normalized spacial score (nSPS) is 46.5. The molecule has 3 heterocycles. The van der Waals surface area contributed by atoms with E-state index < -0.39 is 54.3 Å². The lowest BCUT2D eigenvalue weighted by atomic mass is 9.47. The van der Waals surface area contributed by atoms with Crippen LogP contribution in [0.15, 0.2) is 11.6 Å². The zero-order chi connectivity index (χ0) is 38.7. The van der Waals surface area contributed by atoms with Crippen molar-refractivity contribution in [2.24, 2.45) is 52.2 Å². The lowest BCUT2D eigenvalue weighted by molar-refractivity contribution is -0.288. The van der Waals surface area contributed by atoms with E-state index in [1.54, 1.807) is 0 Å². The second kappa shape index (κ2) is 15.2. The van der Waals surface area contributed by atoms with E-state index in [9.17, 15) is 14.4 Å². The summed E-state index contributed by atoms with van der Waals surface area (Å²) in [6.45, 7) is 14.1. The number of hydrogen-bond donors (Lipinski definition) is 3. The molecule has 13 nitrogen and oxygen atoms in total. The van der Waals surface area contributed by atoms with E-state index in [2.05, 4.69) is 44.5 Å². The third-order valence-corrected chi connectivity index (χ3v) is 15.0. The van der Waals surface area contributed by atoms with Gasteiger partial charge in [-0.2, -0.15) is 0 Å². The summed E-state index contributed by atoms with van der Waals surface area (Å²) in [4.78, 5) is 36.5. The Morgan fingerprint density at radius 1 is 0.981 bits per heavy atom. The Balaban J connectivity index is 1.09. The molecule has 14 heteroatoms. The zero-order valence-electron chi connectivity index (χ0n) is 32.9. The smallest absolute Gasteiger partial charge is 0.303 e. The van der Waals surface area contributed by atoms with Crippen LogP contribution in [0.3, 0.4) is 0 Å². The number of fused-ring (bicyclic) bond motifs is 7. The molecular formula is C40H61N3O10S. The molecule has 3 saturated heterocycles. The van der Waals surface area contributed by atoms with Crippen molar-refractivity contribution in [1.29, 1.82) is 0 Å². The van der Waals surface area contributed by atoms with Gasteiger partial charge < -0.3 is 43.9 Å². The molecule has 3 aliphatic heterocycles. The number of rotatable bonds is 7. The van der Waals surface area contributed by atoms with Gasteiger partial charge in [-0.3, -0.25) is 14.4 Å². The molecule has 302 valence electrons. The average Bonchev–Trinajstić information content (AvgIpc) is 3.56. The molecule has 4 N–H and O–H groups in total. The quantitative estimate of drug-likeness (QED) is 0.0821. The first-order valence-electron chi connectivity index (χ1n) is 20.2. The molecule has 0 unspecified atom stereocenters. The number of esters is 3. The Hall–Kier alpha value is -2.36. The van der Waals surface area contributed by atoms with Crippen molar-refractivity contribution in [1.82, 2.24) is 10.7 Å². The van der Waals surface area contributed by atoms with Gasteiger partial charge in [0.25, 0.3) is 0 Å². The van der Waals surface area contributed by atoms with Crippen molar-refractivity contribution in [3.8, 4) is 0 Å². The van der Waals surface area contributed by atoms with Crippen molar-refractivity contribution in [3.05, 3.63) is 11.6 Å². The molecular weight excluding hydrogens is 715 g/mol. The Morgan fingerprint density at radius 2 is 1.72 bits per heavy atom. The molecule has 3 saturated carbocycles. The van der Waals surface area contributed by atoms with Gasteiger partial charge in [0, 0.05) is 33.1 Å². The van der Waals surface area contributed by atoms with Crippen molar-refractivity contribution >= 4 is 35.2 Å². The van der Waals surface area contributed by atoms with Crippen LogP contribution in [0.1, 0.15) is 106 Å². The van der Waals surface area contributed by atoms with Crippen LogP contribution in [0.5, 0.6) is 0 Å². The minimum Gasteiger partial charge on any atom is -0.463 e. The predicted octanol–water partition coefficient (Wildman–Crippen LogP) is 4.60. The second-order valence-electron chi connectivity index (χ2n) is 17.9. The molecule has 7 rings (SSSR count). The van der Waals surface area contributed by atoms with Crippen LogP contribution < -0.4 is 16.6 Å². The summed E-state index contributed by atoms with van der Waals surface area (Å²) in [6.07, 6.45) is 7.61. The van der Waals surface area contributed by atoms with Gasteiger partial charge in [0.15, 0.2) is 29.4 Å². The summed E-state index contributed by atoms with van der Waals surface area (Å²) in [6, 6.07) is -0.905. The number of nitrogens with two attached hydrogens (primary N) is 1. The Bertz CT molecular complexity index is 1500. The van der Waals surface area contributed by atoms with Gasteiger partial charge in [-0.05, 0) is 104 Å². The predicted molar refractivity (Wildman–Crippen MR) is 200 cm³/mol. The molecule has 54 heavy (non-hydrogen) atoms. The summed E-state index contributed by atoms with van der Waals surface area (Å²) in [5.74, 6) is 6.81. The van der Waals surface area contributed by atoms with Gasteiger partial charge in [0.1, 0.15) is 18.8 Å². The van der Waals surface area contributed by atoms with Crippen LogP contribution in [0, 0.1) is 46.3 Å². The van der Waals surface area contributed by atoms with E-state index in [0.717, 1.165) is 45.1 Å². The molecule has 0 radical (unpaired) electrons. The van der Waals surface area contributed by atoms with Gasteiger partial charge in [-0.1, -0.05) is 39.3 Å². The first-order valence-corrected chi connectivity index (χ1v) is 20.6. The fourth-order valence-electron chi connectivity index (χ4n) is 12.3. The monoisotopic (exact) mass is 775 g/mol. The summed E-state index contributed by atoms with van der Waals surface area (Å²) >= 11 is 5.36. The Labute approximate surface area is 324 Å². The van der Waals surface area contributed by atoms with E-state index in [0.29, 0.717) is 35.5 Å². The number of carbonyl (C=O) groups is 3. The standard InChI is InChI=1S/C40H61N3O10S/c1-20-10-15-40(48-18-20)21(2)32-30(53-40)17-29-27-9-8-25-16-26(11-13-38(25,6)28(27)12-14-39(29,32)7)51-36-33(42-37(54)43-41)35(50-24(5)46)34(49-23(4)45)31(52-36)19-47-22(3)44/h8,20-21,26-36H,9-19,41H2,1-7H3,(H2,42,43,54)/t20-,21+,26+,27-,28+,29+,30+,31-,32+,33-,34-,35-,36-,38+,39+,40-/m1/s1. The van der Waals surface area contributed by atoms with Crippen LogP contribution in [0.4, 0.5) is 0 Å². The Kier molecular flexibility index (Phi) is 11.2. The molecule has 0 bridgehead atoms. The minimum absolute atomic E-state index is 0.0581. The minimum atomic E-state index is -1.12. The number of ether oxygens (including phenoxy) is 7. The molecule has 0 aromatic carbocycles. The van der Waals surface area contributed by atoms with E-state index in [1.807, 2.05) is 0 Å². The largest absolute Gasteiger partial charge is 0.463 e. The van der Waals surface area contributed by atoms with Crippen molar-refractivity contribution in [2.45, 2.75) is 155 Å². The fourth-order valence-corrected chi connectivity index (χ4v) is 12.5. The van der Waals surface area contributed by atoms with Crippen LogP contribution in [-0.2, 0) is 47.5 Å². The topological polar surface area (TPSA) is 166 Å². The molecule has 0 amide bonds. The van der Waals surface area contributed by atoms with Crippen molar-refractivity contribution < 1.29 is 47.5 Å². The Morgan fingerprint density at radius 3 is 2.39 bits per heavy atom. The van der Waals surface area contributed by atoms with Gasteiger partial charge in [-0.25, -0.2) is 5.84 Å². The summed E-state index contributed by atoms with van der Waals surface area (Å²) in [5, 5.41) is 3.11. The first-order chi connectivity index (χ1) is 25.6. The van der Waals surface area contributed by atoms with Gasteiger partial charge >= 0.3 is 17.9 Å². The molecule has 0 aromatic heterocycles. The van der Waals surface area contributed by atoms with Crippen LogP contribution in [0.2, 0.25) is 0 Å². The van der Waals surface area contributed by atoms with Gasteiger partial charge in [0.2, 0.25) is 0 Å². The second-order valence-corrected chi connectivity index (χ2v) is 18.3. The molecule has 0 aromatic rings. The zero-order valence-corrected chi connectivity index (χ0v) is 33.7. The van der Waals surface area contributed by atoms with Crippen molar-refractivity contribution in [3.63, 3.8) is 0 Å². The lowest BCUT2D eigenvalue weighted by Crippen LogP contribution is -2.68. The van der Waals surface area contributed by atoms with Crippen LogP contribution in [0.25, 0.3) is 0 Å². The highest BCUT2D eigenvalue weighted by Crippen LogP contribution is 2.70.